The van der Waals surface area contributed by atoms with Gasteiger partial charge in [0.2, 0.25) is 5.91 Å². The van der Waals surface area contributed by atoms with Crippen LogP contribution in [0.3, 0.4) is 0 Å². The van der Waals surface area contributed by atoms with Crippen LogP contribution >= 0.6 is 28.1 Å². The molecule has 2 aromatic carbocycles. The van der Waals surface area contributed by atoms with E-state index in [0.717, 1.165) is 16.9 Å². The van der Waals surface area contributed by atoms with Gasteiger partial charge in [-0.3, -0.25) is 9.78 Å². The maximum atomic E-state index is 13.7. The van der Waals surface area contributed by atoms with E-state index in [9.17, 15) is 9.18 Å². The number of rotatable bonds is 6. The number of nitrogens with zero attached hydrogens (tertiary/aromatic N) is 2. The molecule has 2 aromatic heterocycles. The second-order valence-electron chi connectivity index (χ2n) is 8.39. The van der Waals surface area contributed by atoms with Crippen molar-refractivity contribution in [2.24, 2.45) is 0 Å². The van der Waals surface area contributed by atoms with Gasteiger partial charge in [0.15, 0.2) is 5.11 Å². The summed E-state index contributed by atoms with van der Waals surface area (Å²) < 4.78 is 26.0. The second-order valence-corrected chi connectivity index (χ2v) is 9.63. The number of carbonyl (C=O) groups excluding carboxylic acids is 1. The molecule has 1 amide bonds. The van der Waals surface area contributed by atoms with Gasteiger partial charge in [0.1, 0.15) is 29.1 Å². The Bertz CT molecular complexity index is 1480. The number of aromatic nitrogens is 1. The molecule has 0 saturated carbocycles. The highest BCUT2D eigenvalue weighted by molar-refractivity contribution is 9.10. The van der Waals surface area contributed by atoms with E-state index < -0.39 is 6.04 Å². The summed E-state index contributed by atoms with van der Waals surface area (Å²) in [4.78, 5) is 18.3. The number of methoxy groups -OCH3 is 1. The Balaban J connectivity index is 1.61. The van der Waals surface area contributed by atoms with Gasteiger partial charge in [-0.15, -0.1) is 0 Å². The summed E-state index contributed by atoms with van der Waals surface area (Å²) in [6.07, 6.45) is 1.73. The first-order valence-electron chi connectivity index (χ1n) is 11.4. The second kappa shape index (κ2) is 10.3. The van der Waals surface area contributed by atoms with Gasteiger partial charge in [-0.2, -0.15) is 0 Å². The van der Waals surface area contributed by atoms with Gasteiger partial charge in [-0.05, 0) is 88.8 Å². The smallest absolute Gasteiger partial charge is 0.221 e. The molecule has 0 aliphatic carbocycles. The van der Waals surface area contributed by atoms with Gasteiger partial charge in [-0.1, -0.05) is 6.07 Å². The molecule has 7 nitrogen and oxygen atoms in total. The predicted octanol–water partition coefficient (Wildman–Crippen LogP) is 6.39. The molecule has 0 spiro atoms. The van der Waals surface area contributed by atoms with E-state index in [4.69, 9.17) is 21.4 Å². The van der Waals surface area contributed by atoms with E-state index in [1.54, 1.807) is 25.4 Å². The average molecular weight is 581 g/mol. The van der Waals surface area contributed by atoms with Crippen molar-refractivity contribution in [2.45, 2.75) is 19.0 Å². The lowest BCUT2D eigenvalue weighted by Crippen LogP contribution is -2.29. The highest BCUT2D eigenvalue weighted by Crippen LogP contribution is 2.44. The first kappa shape index (κ1) is 24.9. The number of ether oxygens (including phenoxy) is 1. The summed E-state index contributed by atoms with van der Waals surface area (Å²) in [7, 11) is 1.54. The fourth-order valence-corrected chi connectivity index (χ4v) is 5.29. The number of pyridine rings is 1. The third-order valence-electron chi connectivity index (χ3n) is 5.98. The summed E-state index contributed by atoms with van der Waals surface area (Å²) >= 11 is 9.21. The van der Waals surface area contributed by atoms with E-state index in [-0.39, 0.29) is 17.8 Å². The largest absolute Gasteiger partial charge is 0.495 e. The molecule has 188 valence electrons. The fraction of sp³-hybridized carbons (Fsp3) is 0.148. The van der Waals surface area contributed by atoms with Crippen molar-refractivity contribution < 1.29 is 18.3 Å². The van der Waals surface area contributed by atoms with Crippen LogP contribution in [0.1, 0.15) is 30.5 Å². The molecular formula is C27H22BrFN4O3S. The molecule has 4 aromatic rings. The average Bonchev–Trinajstić information content (AvgIpc) is 3.48. The molecule has 0 radical (unpaired) electrons. The van der Waals surface area contributed by atoms with Gasteiger partial charge in [0.25, 0.3) is 0 Å². The zero-order valence-electron chi connectivity index (χ0n) is 19.9. The van der Waals surface area contributed by atoms with Crippen molar-refractivity contribution in [3.05, 3.63) is 94.7 Å². The molecule has 0 bridgehead atoms. The van der Waals surface area contributed by atoms with Crippen LogP contribution in [0.15, 0.2) is 81.8 Å². The summed E-state index contributed by atoms with van der Waals surface area (Å²) in [6, 6.07) is 18.6. The van der Waals surface area contributed by atoms with Crippen molar-refractivity contribution >= 4 is 50.5 Å². The Kier molecular flexibility index (Phi) is 6.94. The van der Waals surface area contributed by atoms with E-state index >= 15 is 0 Å². The van der Waals surface area contributed by atoms with E-state index in [1.165, 1.54) is 19.1 Å². The van der Waals surface area contributed by atoms with E-state index in [2.05, 4.69) is 31.5 Å². The van der Waals surface area contributed by atoms with E-state index in [1.807, 2.05) is 47.4 Å². The lowest BCUT2D eigenvalue weighted by Gasteiger charge is -2.27. The zero-order valence-corrected chi connectivity index (χ0v) is 22.3. The number of benzene rings is 2. The van der Waals surface area contributed by atoms with Gasteiger partial charge >= 0.3 is 0 Å². The van der Waals surface area contributed by atoms with Crippen LogP contribution in [0, 0.1) is 5.82 Å². The number of anilines is 2. The minimum atomic E-state index is -0.408. The van der Waals surface area contributed by atoms with Crippen LogP contribution in [0.5, 0.6) is 5.75 Å². The van der Waals surface area contributed by atoms with Crippen LogP contribution in [-0.2, 0) is 4.79 Å². The molecule has 1 aliphatic rings. The Morgan fingerprint density at radius 2 is 2.03 bits per heavy atom. The van der Waals surface area contributed by atoms with Crippen LogP contribution in [0.25, 0.3) is 11.3 Å². The van der Waals surface area contributed by atoms with Gasteiger partial charge in [0, 0.05) is 28.8 Å². The molecule has 1 fully saturated rings. The van der Waals surface area contributed by atoms with Crippen molar-refractivity contribution in [3.63, 3.8) is 0 Å². The molecule has 1 saturated heterocycles. The first-order chi connectivity index (χ1) is 17.9. The Hall–Kier alpha value is -3.76. The van der Waals surface area contributed by atoms with Crippen LogP contribution in [0.2, 0.25) is 0 Å². The van der Waals surface area contributed by atoms with Crippen molar-refractivity contribution in [1.29, 1.82) is 0 Å². The third-order valence-corrected chi connectivity index (χ3v) is 6.96. The van der Waals surface area contributed by atoms with Gasteiger partial charge in [-0.25, -0.2) is 4.39 Å². The summed E-state index contributed by atoms with van der Waals surface area (Å²) in [5.41, 5.74) is 2.76. The number of nitrogens with one attached hydrogen (secondary N) is 2. The van der Waals surface area contributed by atoms with E-state index in [0.29, 0.717) is 32.5 Å². The number of hydrogen-bond donors (Lipinski definition) is 2. The number of carbonyl (C=O) groups is 1. The minimum Gasteiger partial charge on any atom is -0.495 e. The molecule has 1 aliphatic heterocycles. The monoisotopic (exact) mass is 580 g/mol. The Morgan fingerprint density at radius 3 is 2.73 bits per heavy atom. The topological polar surface area (TPSA) is 79.6 Å². The number of thiocarbonyl (C=S) groups is 1. The maximum Gasteiger partial charge on any atom is 0.221 e. The minimum absolute atomic E-state index is 0.221. The third kappa shape index (κ3) is 4.94. The predicted molar refractivity (Wildman–Crippen MR) is 147 cm³/mol. The molecule has 2 atom stereocenters. The number of furan rings is 1. The van der Waals surface area contributed by atoms with Crippen LogP contribution < -0.4 is 20.3 Å². The highest BCUT2D eigenvalue weighted by atomic mass is 79.9. The molecule has 2 N–H and O–H groups in total. The zero-order chi connectivity index (χ0) is 26.1. The van der Waals surface area contributed by atoms with Crippen LogP contribution in [0.4, 0.5) is 15.8 Å². The molecule has 37 heavy (non-hydrogen) atoms. The van der Waals surface area contributed by atoms with Crippen molar-refractivity contribution in [3.8, 4) is 17.1 Å². The Morgan fingerprint density at radius 1 is 1.19 bits per heavy atom. The normalized spacial score (nSPS) is 17.0. The standard InChI is InChI=1S/C27H22BrFN4O3S/c1-15(34)31-21-14-17(7-9-23(21)35-2)33-26(25(32-27(33)37)20-5-3-4-12-30-20)24-11-10-22(36-24)18-8-6-16(29)13-19(18)28/h3-14,25-26H,1-2H3,(H,31,34)(H,32,37)/t25-,26-/m1/s1. The fourth-order valence-electron chi connectivity index (χ4n) is 4.40. The Labute approximate surface area is 226 Å². The number of hydrogen-bond acceptors (Lipinski definition) is 5. The highest BCUT2D eigenvalue weighted by Gasteiger charge is 2.42. The quantitative estimate of drug-likeness (QED) is 0.256. The summed E-state index contributed by atoms with van der Waals surface area (Å²) in [6.45, 7) is 1.44. The molecular weight excluding hydrogens is 559 g/mol. The molecule has 3 heterocycles. The van der Waals surface area contributed by atoms with Crippen LogP contribution in [-0.4, -0.2) is 23.1 Å². The van der Waals surface area contributed by atoms with Crippen molar-refractivity contribution in [2.75, 3.05) is 17.3 Å². The lowest BCUT2D eigenvalue weighted by atomic mass is 10.0. The molecule has 0 unspecified atom stereocenters. The maximum absolute atomic E-state index is 13.7. The number of amides is 1. The van der Waals surface area contributed by atoms with Gasteiger partial charge < -0.3 is 24.7 Å². The molecule has 5 rings (SSSR count). The summed E-state index contributed by atoms with van der Waals surface area (Å²) in [5.74, 6) is 1.17. The first-order valence-corrected chi connectivity index (χ1v) is 12.6. The number of halogens is 2. The van der Waals surface area contributed by atoms with Gasteiger partial charge in [0.05, 0.1) is 24.5 Å². The molecule has 10 heteroatoms. The van der Waals surface area contributed by atoms with Crippen molar-refractivity contribution in [1.82, 2.24) is 10.3 Å². The summed E-state index contributed by atoms with van der Waals surface area (Å²) in [5, 5.41) is 6.67. The SMILES string of the molecule is COc1ccc(N2C(=S)N[C@H](c3ccccn3)[C@H]2c2ccc(-c3ccc(F)cc3Br)o2)cc1NC(C)=O. The lowest BCUT2D eigenvalue weighted by molar-refractivity contribution is -0.114.